The monoisotopic (exact) mass is 327 g/mol. The molecule has 3 rings (SSSR count). The average molecular weight is 328 g/mol. The van der Waals surface area contributed by atoms with Gasteiger partial charge >= 0.3 is 0 Å². The molecule has 2 aliphatic heterocycles. The minimum Gasteiger partial charge on any atom is -0.490 e. The average Bonchev–Trinajstić information content (AvgIpc) is 2.78. The second kappa shape index (κ2) is 8.36. The minimum absolute atomic E-state index is 0. The van der Waals surface area contributed by atoms with Crippen molar-refractivity contribution in [1.29, 1.82) is 0 Å². The summed E-state index contributed by atoms with van der Waals surface area (Å²) in [7, 11) is 0. The van der Waals surface area contributed by atoms with Gasteiger partial charge in [0.1, 0.15) is 0 Å². The molecule has 0 aliphatic carbocycles. The van der Waals surface area contributed by atoms with E-state index >= 15 is 0 Å². The first-order chi connectivity index (χ1) is 10.3. The van der Waals surface area contributed by atoms with Crippen molar-refractivity contribution < 1.29 is 19.0 Å². The molecule has 0 atom stereocenters. The highest BCUT2D eigenvalue weighted by Crippen LogP contribution is 2.30. The Kier molecular flexibility index (Phi) is 6.49. The minimum atomic E-state index is 0. The van der Waals surface area contributed by atoms with Gasteiger partial charge in [-0.1, -0.05) is 0 Å². The predicted molar refractivity (Wildman–Crippen MR) is 85.5 cm³/mol. The number of carbonyl (C=O) groups excluding carboxylic acids is 1. The van der Waals surface area contributed by atoms with Crippen LogP contribution in [0, 0.1) is 0 Å². The van der Waals surface area contributed by atoms with Crippen molar-refractivity contribution in [1.82, 2.24) is 4.90 Å². The Labute approximate surface area is 136 Å². The van der Waals surface area contributed by atoms with Crippen LogP contribution in [-0.4, -0.2) is 56.7 Å². The molecule has 2 aliphatic rings. The van der Waals surface area contributed by atoms with Gasteiger partial charge in [0.05, 0.1) is 26.4 Å². The van der Waals surface area contributed by atoms with Crippen LogP contribution in [0.2, 0.25) is 0 Å². The number of ether oxygens (including phenoxy) is 3. The zero-order valence-corrected chi connectivity index (χ0v) is 13.4. The van der Waals surface area contributed by atoms with Crippen LogP contribution in [0.3, 0.4) is 0 Å². The highest BCUT2D eigenvalue weighted by Gasteiger charge is 2.16. The predicted octanol–water partition coefficient (Wildman–Crippen LogP) is 2.17. The van der Waals surface area contributed by atoms with Crippen molar-refractivity contribution in [2.75, 3.05) is 46.1 Å². The second-order valence-electron chi connectivity index (χ2n) is 5.34. The lowest BCUT2D eigenvalue weighted by molar-refractivity contribution is 0.0370. The molecular formula is C16H22ClNO4. The van der Waals surface area contributed by atoms with Crippen LogP contribution in [0.4, 0.5) is 0 Å². The van der Waals surface area contributed by atoms with Crippen LogP contribution in [0.5, 0.6) is 11.5 Å². The fraction of sp³-hybridized carbons (Fsp3) is 0.562. The third-order valence-corrected chi connectivity index (χ3v) is 3.83. The van der Waals surface area contributed by atoms with Crippen molar-refractivity contribution in [3.63, 3.8) is 0 Å². The number of hydrogen-bond donors (Lipinski definition) is 0. The van der Waals surface area contributed by atoms with Crippen molar-refractivity contribution >= 4 is 18.2 Å². The molecule has 0 N–H and O–H groups in total. The molecule has 1 aromatic carbocycles. The fourth-order valence-electron chi connectivity index (χ4n) is 2.57. The maximum Gasteiger partial charge on any atom is 0.164 e. The number of halogens is 1. The van der Waals surface area contributed by atoms with Crippen LogP contribution >= 0.6 is 12.4 Å². The van der Waals surface area contributed by atoms with E-state index in [1.54, 1.807) is 0 Å². The molecule has 1 saturated heterocycles. The summed E-state index contributed by atoms with van der Waals surface area (Å²) in [6.07, 6.45) is 1.40. The summed E-state index contributed by atoms with van der Waals surface area (Å²) < 4.78 is 16.5. The van der Waals surface area contributed by atoms with E-state index in [2.05, 4.69) is 4.90 Å². The maximum absolute atomic E-state index is 12.3. The summed E-state index contributed by atoms with van der Waals surface area (Å²) in [6, 6.07) is 5.47. The lowest BCUT2D eigenvalue weighted by atomic mass is 10.1. The zero-order chi connectivity index (χ0) is 14.5. The molecule has 0 spiro atoms. The summed E-state index contributed by atoms with van der Waals surface area (Å²) in [5.41, 5.74) is 0.701. The number of nitrogens with zero attached hydrogens (tertiary/aromatic N) is 1. The van der Waals surface area contributed by atoms with Crippen molar-refractivity contribution in [2.24, 2.45) is 0 Å². The van der Waals surface area contributed by atoms with Crippen LogP contribution in [0.1, 0.15) is 23.2 Å². The molecular weight excluding hydrogens is 306 g/mol. The van der Waals surface area contributed by atoms with E-state index in [1.807, 2.05) is 18.2 Å². The molecule has 0 saturated carbocycles. The lowest BCUT2D eigenvalue weighted by Crippen LogP contribution is -2.37. The normalized spacial score (nSPS) is 18.2. The molecule has 0 radical (unpaired) electrons. The smallest absolute Gasteiger partial charge is 0.164 e. The van der Waals surface area contributed by atoms with Gasteiger partial charge in [-0.15, -0.1) is 12.4 Å². The number of ketones is 1. The van der Waals surface area contributed by atoms with E-state index in [0.717, 1.165) is 45.0 Å². The Morgan fingerprint density at radius 3 is 2.55 bits per heavy atom. The van der Waals surface area contributed by atoms with E-state index in [-0.39, 0.29) is 18.2 Å². The Morgan fingerprint density at radius 1 is 1.05 bits per heavy atom. The third kappa shape index (κ3) is 4.35. The zero-order valence-electron chi connectivity index (χ0n) is 12.6. The largest absolute Gasteiger partial charge is 0.490 e. The number of carbonyl (C=O) groups is 1. The highest BCUT2D eigenvalue weighted by atomic mass is 35.5. The molecule has 6 heteroatoms. The van der Waals surface area contributed by atoms with Gasteiger partial charge < -0.3 is 14.2 Å². The van der Waals surface area contributed by atoms with Gasteiger partial charge in [0.15, 0.2) is 17.3 Å². The SMILES string of the molecule is Cl.O=C(CCN1CCOCC1)c1ccc2c(c1)OCCCO2. The van der Waals surface area contributed by atoms with E-state index in [0.29, 0.717) is 30.9 Å². The first-order valence-corrected chi connectivity index (χ1v) is 7.56. The molecule has 2 heterocycles. The number of morpholine rings is 1. The Hall–Kier alpha value is -1.30. The van der Waals surface area contributed by atoms with Gasteiger partial charge in [-0.05, 0) is 18.2 Å². The van der Waals surface area contributed by atoms with Gasteiger partial charge in [-0.25, -0.2) is 0 Å². The van der Waals surface area contributed by atoms with Crippen molar-refractivity contribution in [3.8, 4) is 11.5 Å². The summed E-state index contributed by atoms with van der Waals surface area (Å²) in [6.45, 7) is 5.44. The molecule has 0 bridgehead atoms. The van der Waals surface area contributed by atoms with Crippen LogP contribution in [-0.2, 0) is 4.74 Å². The number of Topliss-reactive ketones (excluding diaryl/α,β-unsaturated/α-hetero) is 1. The number of fused-ring (bicyclic) bond motifs is 1. The van der Waals surface area contributed by atoms with E-state index in [4.69, 9.17) is 14.2 Å². The maximum atomic E-state index is 12.3. The third-order valence-electron chi connectivity index (χ3n) is 3.83. The van der Waals surface area contributed by atoms with Gasteiger partial charge in [-0.2, -0.15) is 0 Å². The lowest BCUT2D eigenvalue weighted by Gasteiger charge is -2.26. The fourth-order valence-corrected chi connectivity index (χ4v) is 2.57. The molecule has 122 valence electrons. The van der Waals surface area contributed by atoms with Crippen molar-refractivity contribution in [2.45, 2.75) is 12.8 Å². The Bertz CT molecular complexity index is 503. The van der Waals surface area contributed by atoms with Crippen LogP contribution < -0.4 is 9.47 Å². The second-order valence-corrected chi connectivity index (χ2v) is 5.34. The standard InChI is InChI=1S/C16H21NO4.ClH/c18-14(4-5-17-6-10-19-11-7-17)13-2-3-15-16(12-13)21-9-1-8-20-15;/h2-3,12H,1,4-11H2;1H. The number of rotatable bonds is 4. The number of hydrogen-bond acceptors (Lipinski definition) is 5. The molecule has 5 nitrogen and oxygen atoms in total. The molecule has 1 fully saturated rings. The summed E-state index contributed by atoms with van der Waals surface area (Å²) >= 11 is 0. The van der Waals surface area contributed by atoms with Crippen LogP contribution in [0.15, 0.2) is 18.2 Å². The van der Waals surface area contributed by atoms with E-state index < -0.39 is 0 Å². The topological polar surface area (TPSA) is 48.0 Å². The molecule has 0 aromatic heterocycles. The first-order valence-electron chi connectivity index (χ1n) is 7.56. The summed E-state index contributed by atoms with van der Waals surface area (Å²) in [5.74, 6) is 1.57. The van der Waals surface area contributed by atoms with E-state index in [1.165, 1.54) is 0 Å². The highest BCUT2D eigenvalue weighted by molar-refractivity contribution is 5.96. The molecule has 0 unspecified atom stereocenters. The van der Waals surface area contributed by atoms with Crippen molar-refractivity contribution in [3.05, 3.63) is 23.8 Å². The van der Waals surface area contributed by atoms with Gasteiger partial charge in [-0.3, -0.25) is 9.69 Å². The Morgan fingerprint density at radius 2 is 1.77 bits per heavy atom. The van der Waals surface area contributed by atoms with Gasteiger partial charge in [0.2, 0.25) is 0 Å². The van der Waals surface area contributed by atoms with Crippen LogP contribution in [0.25, 0.3) is 0 Å². The molecule has 0 amide bonds. The van der Waals surface area contributed by atoms with E-state index in [9.17, 15) is 4.79 Å². The summed E-state index contributed by atoms with van der Waals surface area (Å²) in [5, 5.41) is 0. The molecule has 1 aromatic rings. The van der Waals surface area contributed by atoms with Gasteiger partial charge in [0.25, 0.3) is 0 Å². The number of benzene rings is 1. The Balaban J connectivity index is 0.00000176. The van der Waals surface area contributed by atoms with Gasteiger partial charge in [0, 0.05) is 38.0 Å². The first kappa shape index (κ1) is 17.1. The summed E-state index contributed by atoms with van der Waals surface area (Å²) in [4.78, 5) is 14.6. The molecule has 22 heavy (non-hydrogen) atoms. The quantitative estimate of drug-likeness (QED) is 0.793.